The minimum absolute atomic E-state index is 0.190. The van der Waals surface area contributed by atoms with Gasteiger partial charge >= 0.3 is 5.84 Å². The largest absolute Gasteiger partial charge is 0.497 e. The van der Waals surface area contributed by atoms with Crippen molar-refractivity contribution in [1.29, 1.82) is 5.26 Å². The quantitative estimate of drug-likeness (QED) is 0.552. The number of nitrogens with zero attached hydrogens (tertiary/aromatic N) is 5. The zero-order chi connectivity index (χ0) is 12.1. The van der Waals surface area contributed by atoms with Crippen molar-refractivity contribution in [3.63, 3.8) is 0 Å². The molecule has 1 heterocycles. The van der Waals surface area contributed by atoms with Crippen LogP contribution in [0.25, 0.3) is 11.6 Å². The first kappa shape index (κ1) is 10.7. The second kappa shape index (κ2) is 4.79. The van der Waals surface area contributed by atoms with Crippen LogP contribution in [0.4, 0.5) is 0 Å². The van der Waals surface area contributed by atoms with E-state index in [1.807, 2.05) is 18.2 Å². The monoisotopic (exact) mass is 221 g/mol. The van der Waals surface area contributed by atoms with E-state index in [0.29, 0.717) is 11.3 Å². The Hall–Kier alpha value is -2.83. The van der Waals surface area contributed by atoms with Crippen LogP contribution in [0.5, 0.6) is 0 Å². The van der Waals surface area contributed by atoms with Gasteiger partial charge in [0, 0.05) is 0 Å². The van der Waals surface area contributed by atoms with E-state index in [4.69, 9.17) is 10.8 Å². The number of rotatable bonds is 2. The predicted molar refractivity (Wildman–Crippen MR) is 64.7 cm³/mol. The number of hydrogen-bond donors (Lipinski definition) is 0. The summed E-state index contributed by atoms with van der Waals surface area (Å²) in [4.78, 5) is 10.7. The third-order valence-corrected chi connectivity index (χ3v) is 2.17. The van der Waals surface area contributed by atoms with Crippen LogP contribution < -0.4 is 0 Å². The molecule has 0 aromatic heterocycles. The van der Waals surface area contributed by atoms with Gasteiger partial charge < -0.3 is 10.3 Å². The second-order valence-corrected chi connectivity index (χ2v) is 3.25. The Morgan fingerprint density at radius 1 is 1.24 bits per heavy atom. The Balaban J connectivity index is 2.16. The van der Waals surface area contributed by atoms with Crippen LogP contribution in [-0.4, -0.2) is 22.7 Å². The maximum atomic E-state index is 8.65. The fourth-order valence-corrected chi connectivity index (χ4v) is 1.31. The summed E-state index contributed by atoms with van der Waals surface area (Å²) in [7, 11) is 0. The Morgan fingerprint density at radius 3 is 2.65 bits per heavy atom. The summed E-state index contributed by atoms with van der Waals surface area (Å²) >= 11 is 0. The molecule has 0 amide bonds. The molecule has 1 aliphatic rings. The van der Waals surface area contributed by atoms with E-state index in [0.717, 1.165) is 5.56 Å². The van der Waals surface area contributed by atoms with E-state index < -0.39 is 0 Å². The molecule has 0 atom stereocenters. The Kier molecular flexibility index (Phi) is 3.01. The topological polar surface area (TPSA) is 84.9 Å². The van der Waals surface area contributed by atoms with Crippen molar-refractivity contribution < 1.29 is 4.79 Å². The molecule has 2 rings (SSSR count). The maximum absolute atomic E-state index is 8.65. The van der Waals surface area contributed by atoms with E-state index in [-0.39, 0.29) is 5.84 Å². The molecule has 0 bridgehead atoms. The van der Waals surface area contributed by atoms with Crippen LogP contribution in [0, 0.1) is 11.3 Å². The van der Waals surface area contributed by atoms with Gasteiger partial charge in [-0.25, -0.2) is 4.99 Å². The van der Waals surface area contributed by atoms with Crippen LogP contribution in [0.2, 0.25) is 0 Å². The van der Waals surface area contributed by atoms with Gasteiger partial charge in [-0.3, -0.25) is 0 Å². The zero-order valence-corrected chi connectivity index (χ0v) is 8.78. The van der Waals surface area contributed by atoms with Gasteiger partial charge in [-0.05, 0) is 28.8 Å². The minimum atomic E-state index is 0.190. The predicted octanol–water partition coefficient (Wildman–Crippen LogP) is 1.68. The summed E-state index contributed by atoms with van der Waals surface area (Å²) in [6, 6.07) is 9.15. The summed E-state index contributed by atoms with van der Waals surface area (Å²) < 4.78 is 0. The van der Waals surface area contributed by atoms with Crippen molar-refractivity contribution in [3.05, 3.63) is 47.0 Å². The van der Waals surface area contributed by atoms with Crippen LogP contribution in [0.1, 0.15) is 11.1 Å². The average molecular weight is 221 g/mol. The summed E-state index contributed by atoms with van der Waals surface area (Å²) in [6.45, 7) is 0. The van der Waals surface area contributed by atoms with Gasteiger partial charge in [-0.1, -0.05) is 18.2 Å². The van der Waals surface area contributed by atoms with E-state index in [1.54, 1.807) is 24.3 Å². The number of hydrogen-bond acceptors (Lipinski definition) is 2. The summed E-state index contributed by atoms with van der Waals surface area (Å²) in [5, 5.41) is 8.65. The van der Waals surface area contributed by atoms with Crippen LogP contribution in [0.15, 0.2) is 40.3 Å². The SMILES string of the molecule is N#Cc1ccc(C=CC2=NC=NC2=[N+]=[N-])cc1. The Labute approximate surface area is 97.7 Å². The first-order chi connectivity index (χ1) is 8.33. The molecule has 0 spiro atoms. The lowest BCUT2D eigenvalue weighted by Gasteiger charge is -1.92. The third-order valence-electron chi connectivity index (χ3n) is 2.17. The number of nitriles is 1. The number of benzene rings is 1. The van der Waals surface area contributed by atoms with Crippen LogP contribution in [0.3, 0.4) is 0 Å². The summed E-state index contributed by atoms with van der Waals surface area (Å²) in [6.07, 6.45) is 4.83. The fraction of sp³-hybridized carbons (Fsp3) is 0. The lowest BCUT2D eigenvalue weighted by atomic mass is 10.1. The molecule has 0 saturated heterocycles. The van der Waals surface area contributed by atoms with Crippen molar-refractivity contribution in [2.45, 2.75) is 0 Å². The molecule has 5 nitrogen and oxygen atoms in total. The third kappa shape index (κ3) is 2.40. The molecule has 17 heavy (non-hydrogen) atoms. The summed E-state index contributed by atoms with van der Waals surface area (Å²) in [5.74, 6) is 0.190. The van der Waals surface area contributed by atoms with E-state index in [1.165, 1.54) is 6.34 Å². The Bertz CT molecular complexity index is 607. The van der Waals surface area contributed by atoms with Crippen LogP contribution >= 0.6 is 0 Å². The highest BCUT2D eigenvalue weighted by Gasteiger charge is 2.17. The molecular formula is C12H7N5. The smallest absolute Gasteiger partial charge is 0.428 e. The molecule has 1 aromatic carbocycles. The van der Waals surface area contributed by atoms with E-state index in [2.05, 4.69) is 14.8 Å². The number of amidine groups is 1. The van der Waals surface area contributed by atoms with Gasteiger partial charge in [0.1, 0.15) is 0 Å². The van der Waals surface area contributed by atoms with Crippen molar-refractivity contribution in [1.82, 2.24) is 0 Å². The van der Waals surface area contributed by atoms with Crippen molar-refractivity contribution in [2.24, 2.45) is 9.98 Å². The lowest BCUT2D eigenvalue weighted by molar-refractivity contribution is -0.00268. The molecule has 5 heteroatoms. The molecule has 0 aliphatic carbocycles. The normalized spacial score (nSPS) is 13.6. The van der Waals surface area contributed by atoms with Gasteiger partial charge in [0.25, 0.3) is 0 Å². The van der Waals surface area contributed by atoms with E-state index in [9.17, 15) is 0 Å². The molecule has 0 N–H and O–H groups in total. The highest BCUT2D eigenvalue weighted by Crippen LogP contribution is 2.06. The zero-order valence-electron chi connectivity index (χ0n) is 8.78. The van der Waals surface area contributed by atoms with E-state index >= 15 is 0 Å². The molecule has 1 aromatic rings. The van der Waals surface area contributed by atoms with Crippen molar-refractivity contribution >= 4 is 24.0 Å². The van der Waals surface area contributed by atoms with Crippen molar-refractivity contribution in [3.8, 4) is 6.07 Å². The summed E-state index contributed by atoms with van der Waals surface area (Å²) in [5.41, 5.74) is 10.7. The fourth-order valence-electron chi connectivity index (χ4n) is 1.31. The second-order valence-electron chi connectivity index (χ2n) is 3.25. The molecule has 1 aliphatic heterocycles. The molecule has 0 radical (unpaired) electrons. The Morgan fingerprint density at radius 2 is 2.00 bits per heavy atom. The molecule has 0 fully saturated rings. The van der Waals surface area contributed by atoms with Gasteiger partial charge in [0.05, 0.1) is 11.6 Å². The first-order valence-electron chi connectivity index (χ1n) is 4.84. The molecular weight excluding hydrogens is 214 g/mol. The lowest BCUT2D eigenvalue weighted by Crippen LogP contribution is -2.05. The standard InChI is InChI=1S/C12H7N5/c13-7-10-3-1-9(2-4-10)5-6-11-12(17-14)16-8-15-11/h1-6,8H. The van der Waals surface area contributed by atoms with Gasteiger partial charge in [0.15, 0.2) is 5.71 Å². The highest BCUT2D eigenvalue weighted by molar-refractivity contribution is 6.48. The highest BCUT2D eigenvalue weighted by atomic mass is 15.0. The first-order valence-corrected chi connectivity index (χ1v) is 4.84. The van der Waals surface area contributed by atoms with Crippen molar-refractivity contribution in [2.75, 3.05) is 0 Å². The molecule has 0 unspecified atom stereocenters. The van der Waals surface area contributed by atoms with Gasteiger partial charge in [-0.15, -0.1) is 0 Å². The molecule has 0 saturated carbocycles. The number of aliphatic imine (C=N–C) groups is 2. The molecule has 80 valence electrons. The van der Waals surface area contributed by atoms with Gasteiger partial charge in [0.2, 0.25) is 6.34 Å². The van der Waals surface area contributed by atoms with Crippen LogP contribution in [-0.2, 0) is 0 Å². The minimum Gasteiger partial charge on any atom is -0.497 e. The van der Waals surface area contributed by atoms with Gasteiger partial charge in [-0.2, -0.15) is 5.26 Å². The average Bonchev–Trinajstić information content (AvgIpc) is 2.84. The maximum Gasteiger partial charge on any atom is 0.428 e.